The van der Waals surface area contributed by atoms with Crippen LogP contribution in [0.2, 0.25) is 0 Å². The first kappa shape index (κ1) is 16.2. The normalized spacial score (nSPS) is 15.1. The molecule has 0 aromatic carbocycles. The third-order valence-electron chi connectivity index (χ3n) is 3.58. The molecule has 1 fully saturated rings. The maximum absolute atomic E-state index is 11.9. The van der Waals surface area contributed by atoms with Gasteiger partial charge in [0.05, 0.1) is 5.56 Å². The molecule has 0 atom stereocenters. The van der Waals surface area contributed by atoms with Crippen molar-refractivity contribution in [2.45, 2.75) is 20.8 Å². The van der Waals surface area contributed by atoms with Gasteiger partial charge in [0.2, 0.25) is 11.9 Å². The molecule has 1 saturated heterocycles. The molecule has 0 spiro atoms. The first-order chi connectivity index (χ1) is 10.5. The van der Waals surface area contributed by atoms with Crippen LogP contribution in [-0.2, 0) is 4.79 Å². The number of carbonyl (C=O) groups excluding carboxylic acids is 2. The quantitative estimate of drug-likeness (QED) is 0.878. The molecule has 120 valence electrons. The monoisotopic (exact) mass is 305 g/mol. The Kier molecular flexibility index (Phi) is 5.30. The molecule has 1 aliphatic heterocycles. The van der Waals surface area contributed by atoms with E-state index in [0.29, 0.717) is 50.2 Å². The van der Waals surface area contributed by atoms with Gasteiger partial charge >= 0.3 is 0 Å². The van der Waals surface area contributed by atoms with Crippen LogP contribution in [0.5, 0.6) is 0 Å². The molecule has 0 aliphatic carbocycles. The van der Waals surface area contributed by atoms with Crippen molar-refractivity contribution in [1.82, 2.24) is 20.2 Å². The van der Waals surface area contributed by atoms with E-state index in [0.717, 1.165) is 0 Å². The van der Waals surface area contributed by atoms with E-state index < -0.39 is 0 Å². The molecule has 1 aromatic heterocycles. The summed E-state index contributed by atoms with van der Waals surface area (Å²) in [4.78, 5) is 35.6. The SMILES string of the molecule is CC(=O)N1CCN(c2ncc(C(=O)NCC(C)C)cn2)CC1. The molecule has 7 heteroatoms. The van der Waals surface area contributed by atoms with E-state index in [1.807, 2.05) is 23.6 Å². The summed E-state index contributed by atoms with van der Waals surface area (Å²) in [5, 5.41) is 2.84. The molecule has 0 saturated carbocycles. The molecule has 7 nitrogen and oxygen atoms in total. The number of aromatic nitrogens is 2. The molecule has 1 aromatic rings. The number of amides is 2. The Bertz CT molecular complexity index is 521. The smallest absolute Gasteiger partial charge is 0.254 e. The van der Waals surface area contributed by atoms with Crippen LogP contribution in [0.15, 0.2) is 12.4 Å². The van der Waals surface area contributed by atoms with Gasteiger partial charge in [-0.15, -0.1) is 0 Å². The van der Waals surface area contributed by atoms with Crippen LogP contribution in [0.3, 0.4) is 0 Å². The van der Waals surface area contributed by atoms with E-state index in [2.05, 4.69) is 15.3 Å². The summed E-state index contributed by atoms with van der Waals surface area (Å²) in [5.41, 5.74) is 0.465. The van der Waals surface area contributed by atoms with E-state index in [1.165, 1.54) is 0 Å². The van der Waals surface area contributed by atoms with Crippen LogP contribution in [-0.4, -0.2) is 59.4 Å². The Morgan fingerprint density at radius 2 is 1.77 bits per heavy atom. The fourth-order valence-corrected chi connectivity index (χ4v) is 2.22. The van der Waals surface area contributed by atoms with Crippen LogP contribution >= 0.6 is 0 Å². The van der Waals surface area contributed by atoms with Crippen LogP contribution in [0.1, 0.15) is 31.1 Å². The van der Waals surface area contributed by atoms with Gasteiger partial charge in [-0.25, -0.2) is 9.97 Å². The summed E-state index contributed by atoms with van der Waals surface area (Å²) in [5.74, 6) is 0.949. The molecule has 2 heterocycles. The largest absolute Gasteiger partial charge is 0.352 e. The summed E-state index contributed by atoms with van der Waals surface area (Å²) < 4.78 is 0. The Balaban J connectivity index is 1.92. The van der Waals surface area contributed by atoms with Crippen LogP contribution in [0.4, 0.5) is 5.95 Å². The zero-order chi connectivity index (χ0) is 16.1. The van der Waals surface area contributed by atoms with Gasteiger partial charge in [0.1, 0.15) is 0 Å². The predicted molar refractivity (Wildman–Crippen MR) is 83.7 cm³/mol. The highest BCUT2D eigenvalue weighted by Crippen LogP contribution is 2.11. The average Bonchev–Trinajstić information content (AvgIpc) is 2.53. The molecule has 2 amide bonds. The van der Waals surface area contributed by atoms with Crippen LogP contribution < -0.4 is 10.2 Å². The van der Waals surface area contributed by atoms with Crippen molar-refractivity contribution in [3.8, 4) is 0 Å². The Hall–Kier alpha value is -2.18. The van der Waals surface area contributed by atoms with E-state index >= 15 is 0 Å². The van der Waals surface area contributed by atoms with E-state index in [4.69, 9.17) is 0 Å². The maximum atomic E-state index is 11.9. The molecule has 0 unspecified atom stereocenters. The van der Waals surface area contributed by atoms with E-state index in [1.54, 1.807) is 19.3 Å². The second-order valence-corrected chi connectivity index (χ2v) is 5.87. The number of rotatable bonds is 4. The minimum atomic E-state index is -0.151. The van der Waals surface area contributed by atoms with E-state index in [-0.39, 0.29) is 11.8 Å². The highest BCUT2D eigenvalue weighted by molar-refractivity contribution is 5.93. The van der Waals surface area contributed by atoms with Crippen molar-refractivity contribution in [1.29, 1.82) is 0 Å². The zero-order valence-corrected chi connectivity index (χ0v) is 13.4. The van der Waals surface area contributed by atoms with Gasteiger partial charge in [0, 0.05) is 52.0 Å². The summed E-state index contributed by atoms with van der Waals surface area (Å²) >= 11 is 0. The fraction of sp³-hybridized carbons (Fsp3) is 0.600. The van der Waals surface area contributed by atoms with Crippen molar-refractivity contribution >= 4 is 17.8 Å². The van der Waals surface area contributed by atoms with Crippen molar-refractivity contribution < 1.29 is 9.59 Å². The molecule has 22 heavy (non-hydrogen) atoms. The van der Waals surface area contributed by atoms with Gasteiger partial charge in [-0.3, -0.25) is 9.59 Å². The molecule has 1 aliphatic rings. The lowest BCUT2D eigenvalue weighted by Crippen LogP contribution is -2.48. The summed E-state index contributed by atoms with van der Waals surface area (Å²) in [6, 6.07) is 0. The summed E-state index contributed by atoms with van der Waals surface area (Å²) in [6.45, 7) is 9.06. The highest BCUT2D eigenvalue weighted by Gasteiger charge is 2.20. The van der Waals surface area contributed by atoms with Crippen LogP contribution in [0.25, 0.3) is 0 Å². The molecule has 0 radical (unpaired) electrons. The number of anilines is 1. The topological polar surface area (TPSA) is 78.4 Å². The molecular weight excluding hydrogens is 282 g/mol. The minimum absolute atomic E-state index is 0.0951. The van der Waals surface area contributed by atoms with Gasteiger partial charge < -0.3 is 15.1 Å². The standard InChI is InChI=1S/C15H23N5O2/c1-11(2)8-16-14(22)13-9-17-15(18-10-13)20-6-4-19(5-7-20)12(3)21/h9-11H,4-8H2,1-3H3,(H,16,22). The Morgan fingerprint density at radius 3 is 2.27 bits per heavy atom. The van der Waals surface area contributed by atoms with Gasteiger partial charge in [0.15, 0.2) is 0 Å². The van der Waals surface area contributed by atoms with Gasteiger partial charge in [0.25, 0.3) is 5.91 Å². The molecule has 2 rings (SSSR count). The lowest BCUT2D eigenvalue weighted by molar-refractivity contribution is -0.129. The Labute approximate surface area is 130 Å². The zero-order valence-electron chi connectivity index (χ0n) is 13.4. The van der Waals surface area contributed by atoms with Crippen molar-refractivity contribution in [2.75, 3.05) is 37.6 Å². The second-order valence-electron chi connectivity index (χ2n) is 5.87. The number of nitrogens with zero attached hydrogens (tertiary/aromatic N) is 4. The number of hydrogen-bond donors (Lipinski definition) is 1. The lowest BCUT2D eigenvalue weighted by atomic mass is 10.2. The van der Waals surface area contributed by atoms with Gasteiger partial charge in [-0.05, 0) is 5.92 Å². The first-order valence-electron chi connectivity index (χ1n) is 7.58. The second kappa shape index (κ2) is 7.20. The molecular formula is C15H23N5O2. The van der Waals surface area contributed by atoms with Crippen molar-refractivity contribution in [2.24, 2.45) is 5.92 Å². The molecule has 0 bridgehead atoms. The number of nitrogens with one attached hydrogen (secondary N) is 1. The number of carbonyl (C=O) groups is 2. The third-order valence-corrected chi connectivity index (χ3v) is 3.58. The van der Waals surface area contributed by atoms with Crippen molar-refractivity contribution in [3.05, 3.63) is 18.0 Å². The van der Waals surface area contributed by atoms with Gasteiger partial charge in [-0.2, -0.15) is 0 Å². The average molecular weight is 305 g/mol. The van der Waals surface area contributed by atoms with E-state index in [9.17, 15) is 9.59 Å². The number of hydrogen-bond acceptors (Lipinski definition) is 5. The summed E-state index contributed by atoms with van der Waals surface area (Å²) in [7, 11) is 0. The lowest BCUT2D eigenvalue weighted by Gasteiger charge is -2.34. The summed E-state index contributed by atoms with van der Waals surface area (Å²) in [6.07, 6.45) is 3.10. The van der Waals surface area contributed by atoms with Crippen molar-refractivity contribution in [3.63, 3.8) is 0 Å². The molecule has 1 N–H and O–H groups in total. The third kappa shape index (κ3) is 4.16. The number of piperazine rings is 1. The minimum Gasteiger partial charge on any atom is -0.352 e. The predicted octanol–water partition coefficient (Wildman–Crippen LogP) is 0.531. The van der Waals surface area contributed by atoms with Crippen LogP contribution in [0, 0.1) is 5.92 Å². The fourth-order valence-electron chi connectivity index (χ4n) is 2.22. The Morgan fingerprint density at radius 1 is 1.18 bits per heavy atom. The first-order valence-corrected chi connectivity index (χ1v) is 7.58. The maximum Gasteiger partial charge on any atom is 0.254 e. The highest BCUT2D eigenvalue weighted by atomic mass is 16.2. The van der Waals surface area contributed by atoms with Gasteiger partial charge in [-0.1, -0.05) is 13.8 Å².